The van der Waals surface area contributed by atoms with E-state index in [0.717, 1.165) is 25.2 Å². The van der Waals surface area contributed by atoms with Gasteiger partial charge in [0.25, 0.3) is 5.91 Å². The standard InChI is InChI=1S/C25H30FN7O/c1-3-28-11-20-22(32-9-8-17(13-32)30-16-4-5-16)7-6-19(23(20)27)25(34)31-18-10-21(26)24-29-15(2)12-33(24)14-18/h6-7,10-12,14,16-17,27-28,30H,3-5,8-9,13H2,1-2H3,(H,31,34)/b20-11-,27-23?. The third-order valence-electron chi connectivity index (χ3n) is 6.38. The number of aryl methyl sites for hydroxylation is 1. The minimum absolute atomic E-state index is 0.148. The molecule has 2 aromatic rings. The fraction of sp³-hybridized carbons (Fsp3) is 0.400. The summed E-state index contributed by atoms with van der Waals surface area (Å²) >= 11 is 0. The van der Waals surface area contributed by atoms with Crippen LogP contribution in [0.3, 0.4) is 0 Å². The Morgan fingerprint density at radius 1 is 1.26 bits per heavy atom. The van der Waals surface area contributed by atoms with Crippen LogP contribution < -0.4 is 16.0 Å². The van der Waals surface area contributed by atoms with Crippen LogP contribution >= 0.6 is 0 Å². The van der Waals surface area contributed by atoms with Crippen LogP contribution in [0, 0.1) is 18.2 Å². The molecule has 0 bridgehead atoms. The number of carbonyl (C=O) groups is 1. The summed E-state index contributed by atoms with van der Waals surface area (Å²) < 4.78 is 16.0. The monoisotopic (exact) mass is 463 g/mol. The molecular weight excluding hydrogens is 433 g/mol. The number of hydrogen-bond acceptors (Lipinski definition) is 6. The Kier molecular flexibility index (Phi) is 5.95. The largest absolute Gasteiger partial charge is 0.391 e. The van der Waals surface area contributed by atoms with Crippen molar-refractivity contribution in [3.8, 4) is 0 Å². The number of likely N-dealkylation sites (tertiary alicyclic amines) is 1. The summed E-state index contributed by atoms with van der Waals surface area (Å²) in [5.74, 6) is -0.968. The lowest BCUT2D eigenvalue weighted by Crippen LogP contribution is -2.35. The Balaban J connectivity index is 1.37. The SMILES string of the molecule is CCN/C=C1\C(=N)C(C(=O)Nc2cc(F)c3nc(C)cn3c2)=CC=C1N1CCC(NC2CC2)C1. The lowest BCUT2D eigenvalue weighted by molar-refractivity contribution is -0.112. The summed E-state index contributed by atoms with van der Waals surface area (Å²) in [6, 6.07) is 2.36. The average Bonchev–Trinajstić information content (AvgIpc) is 3.34. The molecule has 1 saturated heterocycles. The number of pyridine rings is 1. The number of carbonyl (C=O) groups excluding carboxylic acids is 1. The average molecular weight is 464 g/mol. The molecule has 1 amide bonds. The minimum Gasteiger partial charge on any atom is -0.391 e. The zero-order valence-corrected chi connectivity index (χ0v) is 19.5. The summed E-state index contributed by atoms with van der Waals surface area (Å²) in [4.78, 5) is 19.5. The maximum atomic E-state index is 14.4. The van der Waals surface area contributed by atoms with Gasteiger partial charge in [0.15, 0.2) is 11.5 Å². The number of fused-ring (bicyclic) bond motifs is 1. The van der Waals surface area contributed by atoms with Crippen molar-refractivity contribution in [2.24, 2.45) is 0 Å². The van der Waals surface area contributed by atoms with Gasteiger partial charge >= 0.3 is 0 Å². The number of halogens is 1. The molecule has 9 heteroatoms. The van der Waals surface area contributed by atoms with E-state index in [9.17, 15) is 9.18 Å². The third-order valence-corrected chi connectivity index (χ3v) is 6.38. The molecule has 1 unspecified atom stereocenters. The zero-order chi connectivity index (χ0) is 23.8. The highest BCUT2D eigenvalue weighted by Crippen LogP contribution is 2.30. The van der Waals surface area contributed by atoms with Crippen molar-refractivity contribution in [1.29, 1.82) is 5.41 Å². The molecule has 1 aliphatic heterocycles. The van der Waals surface area contributed by atoms with Crippen molar-refractivity contribution in [1.82, 2.24) is 24.9 Å². The number of imidazole rings is 1. The fourth-order valence-corrected chi connectivity index (χ4v) is 4.57. The van der Waals surface area contributed by atoms with E-state index in [1.165, 1.54) is 18.9 Å². The number of nitrogens with zero attached hydrogens (tertiary/aromatic N) is 3. The third kappa shape index (κ3) is 4.48. The minimum atomic E-state index is -0.517. The van der Waals surface area contributed by atoms with Gasteiger partial charge in [-0.3, -0.25) is 10.2 Å². The Bertz CT molecular complexity index is 1240. The van der Waals surface area contributed by atoms with E-state index in [-0.39, 0.29) is 16.9 Å². The molecule has 0 spiro atoms. The van der Waals surface area contributed by atoms with Crippen molar-refractivity contribution >= 4 is 23.0 Å². The molecular formula is C25H30FN7O. The number of hydrogen-bond donors (Lipinski definition) is 4. The molecule has 2 aromatic heterocycles. The Morgan fingerprint density at radius 3 is 2.85 bits per heavy atom. The van der Waals surface area contributed by atoms with Crippen LogP contribution in [-0.2, 0) is 4.79 Å². The van der Waals surface area contributed by atoms with Crippen LogP contribution in [0.15, 0.2) is 53.7 Å². The Labute approximate surface area is 198 Å². The van der Waals surface area contributed by atoms with Gasteiger partial charge < -0.3 is 25.3 Å². The number of nitrogens with one attached hydrogen (secondary N) is 4. The molecule has 3 heterocycles. The van der Waals surface area contributed by atoms with Crippen LogP contribution in [0.2, 0.25) is 0 Å². The molecule has 0 radical (unpaired) electrons. The number of rotatable bonds is 7. The van der Waals surface area contributed by atoms with Gasteiger partial charge in [-0.1, -0.05) is 0 Å². The predicted octanol–water partition coefficient (Wildman–Crippen LogP) is 2.88. The second-order valence-corrected chi connectivity index (χ2v) is 9.14. The summed E-state index contributed by atoms with van der Waals surface area (Å²) in [5, 5.41) is 18.4. The van der Waals surface area contributed by atoms with E-state index in [1.807, 2.05) is 19.2 Å². The molecule has 2 aliphatic carbocycles. The van der Waals surface area contributed by atoms with Gasteiger partial charge in [-0.25, -0.2) is 9.37 Å². The van der Waals surface area contributed by atoms with Crippen LogP contribution in [-0.4, -0.2) is 57.6 Å². The van der Waals surface area contributed by atoms with E-state index in [4.69, 9.17) is 5.41 Å². The van der Waals surface area contributed by atoms with Crippen molar-refractivity contribution in [3.05, 3.63) is 65.2 Å². The smallest absolute Gasteiger partial charge is 0.257 e. The number of amides is 1. The maximum Gasteiger partial charge on any atom is 0.257 e. The van der Waals surface area contributed by atoms with E-state index in [2.05, 4.69) is 25.8 Å². The second kappa shape index (κ2) is 9.06. The molecule has 5 rings (SSSR count). The first-order valence-corrected chi connectivity index (χ1v) is 11.9. The van der Waals surface area contributed by atoms with Crippen molar-refractivity contribution in [2.75, 3.05) is 25.0 Å². The predicted molar refractivity (Wildman–Crippen MR) is 130 cm³/mol. The summed E-state index contributed by atoms with van der Waals surface area (Å²) in [6.45, 7) is 6.28. The molecule has 34 heavy (non-hydrogen) atoms. The van der Waals surface area contributed by atoms with Gasteiger partial charge in [0.05, 0.1) is 22.7 Å². The van der Waals surface area contributed by atoms with Crippen LogP contribution in [0.5, 0.6) is 0 Å². The first kappa shape index (κ1) is 22.3. The molecule has 1 atom stereocenters. The van der Waals surface area contributed by atoms with Crippen molar-refractivity contribution < 1.29 is 9.18 Å². The number of anilines is 1. The first-order chi connectivity index (χ1) is 16.4. The summed E-state index contributed by atoms with van der Waals surface area (Å²) in [6.07, 6.45) is 12.3. The topological polar surface area (TPSA) is 97.5 Å². The van der Waals surface area contributed by atoms with E-state index >= 15 is 0 Å². The van der Waals surface area contributed by atoms with Gasteiger partial charge in [0, 0.05) is 67.6 Å². The molecule has 4 N–H and O–H groups in total. The quantitative estimate of drug-likeness (QED) is 0.506. The number of aromatic nitrogens is 2. The molecule has 1 saturated carbocycles. The molecule has 3 aliphatic rings. The number of allylic oxidation sites excluding steroid dienone is 3. The normalized spacial score (nSPS) is 21.7. The lowest BCUT2D eigenvalue weighted by Gasteiger charge is -2.28. The van der Waals surface area contributed by atoms with E-state index in [1.54, 1.807) is 29.8 Å². The second-order valence-electron chi connectivity index (χ2n) is 9.14. The zero-order valence-electron chi connectivity index (χ0n) is 19.5. The summed E-state index contributed by atoms with van der Waals surface area (Å²) in [7, 11) is 0. The van der Waals surface area contributed by atoms with Gasteiger partial charge in [-0.15, -0.1) is 0 Å². The molecule has 8 nitrogen and oxygen atoms in total. The van der Waals surface area contributed by atoms with Crippen molar-refractivity contribution in [3.63, 3.8) is 0 Å². The van der Waals surface area contributed by atoms with Gasteiger partial charge in [-0.05, 0) is 45.3 Å². The fourth-order valence-electron chi connectivity index (χ4n) is 4.57. The first-order valence-electron chi connectivity index (χ1n) is 11.9. The highest BCUT2D eigenvalue weighted by molar-refractivity contribution is 6.31. The van der Waals surface area contributed by atoms with E-state index in [0.29, 0.717) is 35.6 Å². The maximum absolute atomic E-state index is 14.4. The van der Waals surface area contributed by atoms with Crippen molar-refractivity contribution in [2.45, 2.75) is 45.2 Å². The van der Waals surface area contributed by atoms with Crippen LogP contribution in [0.1, 0.15) is 31.9 Å². The molecule has 178 valence electrons. The Morgan fingerprint density at radius 2 is 2.09 bits per heavy atom. The van der Waals surface area contributed by atoms with Gasteiger partial charge in [-0.2, -0.15) is 0 Å². The molecule has 2 fully saturated rings. The Hall–Kier alpha value is -3.46. The van der Waals surface area contributed by atoms with Gasteiger partial charge in [0.1, 0.15) is 0 Å². The lowest BCUT2D eigenvalue weighted by atomic mass is 9.93. The highest BCUT2D eigenvalue weighted by atomic mass is 19.1. The van der Waals surface area contributed by atoms with Crippen LogP contribution in [0.25, 0.3) is 5.65 Å². The molecule has 0 aromatic carbocycles. The summed E-state index contributed by atoms with van der Waals surface area (Å²) in [5.41, 5.74) is 3.23. The van der Waals surface area contributed by atoms with E-state index < -0.39 is 11.7 Å². The highest BCUT2D eigenvalue weighted by Gasteiger charge is 2.33. The van der Waals surface area contributed by atoms with Crippen LogP contribution in [0.4, 0.5) is 10.1 Å². The van der Waals surface area contributed by atoms with Gasteiger partial charge in [0.2, 0.25) is 0 Å².